The highest BCUT2D eigenvalue weighted by Gasteiger charge is 2.06. The Morgan fingerprint density at radius 1 is 0.500 bits per heavy atom. The summed E-state index contributed by atoms with van der Waals surface area (Å²) in [5.41, 5.74) is 11.6. The fraction of sp³-hybridized carbons (Fsp3) is 0.143. The molecule has 28 heavy (non-hydrogen) atoms. The van der Waals surface area contributed by atoms with Crippen molar-refractivity contribution in [1.82, 2.24) is 0 Å². The Kier molecular flexibility index (Phi) is 5.12. The van der Waals surface area contributed by atoms with E-state index >= 15 is 0 Å². The van der Waals surface area contributed by atoms with Gasteiger partial charge in [-0.25, -0.2) is 0 Å². The third-order valence-electron chi connectivity index (χ3n) is 5.50. The molecule has 0 fully saturated rings. The van der Waals surface area contributed by atoms with Crippen molar-refractivity contribution in [2.24, 2.45) is 0 Å². The molecule has 138 valence electrons. The number of rotatable bonds is 4. The number of aryl methyl sites for hydroxylation is 3. The predicted molar refractivity (Wildman–Crippen MR) is 122 cm³/mol. The topological polar surface area (TPSA) is 0 Å². The first-order valence-electron chi connectivity index (χ1n) is 10.0. The third-order valence-corrected chi connectivity index (χ3v) is 5.50. The van der Waals surface area contributed by atoms with Crippen molar-refractivity contribution in [2.75, 3.05) is 0 Å². The van der Waals surface area contributed by atoms with Crippen molar-refractivity contribution in [3.05, 3.63) is 108 Å². The first-order valence-corrected chi connectivity index (χ1v) is 10.0. The molecule has 4 aromatic carbocycles. The smallest absolute Gasteiger partial charge is 0.0154 e. The molecule has 0 bridgehead atoms. The van der Waals surface area contributed by atoms with Crippen LogP contribution in [-0.2, 0) is 6.42 Å². The molecule has 0 heteroatoms. The summed E-state index contributed by atoms with van der Waals surface area (Å²) in [6, 6.07) is 33.3. The minimum Gasteiger partial charge on any atom is -0.0613 e. The number of hydrogen-bond donors (Lipinski definition) is 0. The lowest BCUT2D eigenvalue weighted by Gasteiger charge is -2.10. The fourth-order valence-corrected chi connectivity index (χ4v) is 3.69. The van der Waals surface area contributed by atoms with Gasteiger partial charge in [-0.3, -0.25) is 0 Å². The molecule has 0 unspecified atom stereocenters. The van der Waals surface area contributed by atoms with Gasteiger partial charge in [0.15, 0.2) is 0 Å². The van der Waals surface area contributed by atoms with E-state index in [1.54, 1.807) is 0 Å². The molecule has 0 radical (unpaired) electrons. The molecule has 4 rings (SSSR count). The van der Waals surface area contributed by atoms with Crippen molar-refractivity contribution >= 4 is 0 Å². The van der Waals surface area contributed by atoms with Crippen molar-refractivity contribution in [3.8, 4) is 33.4 Å². The lowest BCUT2D eigenvalue weighted by molar-refractivity contribution is 1.14. The maximum Gasteiger partial charge on any atom is -0.0154 e. The van der Waals surface area contributed by atoms with Crippen LogP contribution in [0, 0.1) is 13.8 Å². The van der Waals surface area contributed by atoms with Gasteiger partial charge in [0, 0.05) is 0 Å². The Morgan fingerprint density at radius 2 is 0.964 bits per heavy atom. The molecule has 0 heterocycles. The molecule has 0 aromatic heterocycles. The van der Waals surface area contributed by atoms with Gasteiger partial charge < -0.3 is 0 Å². The number of hydrogen-bond acceptors (Lipinski definition) is 0. The highest BCUT2D eigenvalue weighted by atomic mass is 14.1. The van der Waals surface area contributed by atoms with E-state index < -0.39 is 0 Å². The van der Waals surface area contributed by atoms with Crippen LogP contribution in [0.5, 0.6) is 0 Å². The average molecular weight is 363 g/mol. The van der Waals surface area contributed by atoms with Gasteiger partial charge >= 0.3 is 0 Å². The Labute approximate surface area is 168 Å². The van der Waals surface area contributed by atoms with E-state index in [0.717, 1.165) is 6.42 Å². The second-order valence-electron chi connectivity index (χ2n) is 7.52. The maximum atomic E-state index is 2.29. The SMILES string of the molecule is CCc1ccc(-c2ccc(-c3ccc(-c4ccc(C)cc4)c(C)c3)cc2)cc1. The molecule has 0 nitrogen and oxygen atoms in total. The van der Waals surface area contributed by atoms with Crippen LogP contribution in [0.3, 0.4) is 0 Å². The van der Waals surface area contributed by atoms with Crippen LogP contribution in [0.25, 0.3) is 33.4 Å². The van der Waals surface area contributed by atoms with Crippen LogP contribution in [0.4, 0.5) is 0 Å². The summed E-state index contributed by atoms with van der Waals surface area (Å²) in [4.78, 5) is 0. The Bertz CT molecular complexity index is 1070. The second kappa shape index (κ2) is 7.86. The Hall–Kier alpha value is -3.12. The molecule has 0 atom stereocenters. The molecular formula is C28H26. The van der Waals surface area contributed by atoms with Crippen LogP contribution in [0.1, 0.15) is 23.6 Å². The van der Waals surface area contributed by atoms with Crippen LogP contribution >= 0.6 is 0 Å². The summed E-state index contributed by atoms with van der Waals surface area (Å²) in [6.45, 7) is 6.51. The van der Waals surface area contributed by atoms with Crippen molar-refractivity contribution in [2.45, 2.75) is 27.2 Å². The minimum absolute atomic E-state index is 1.08. The summed E-state index contributed by atoms with van der Waals surface area (Å²) < 4.78 is 0. The largest absolute Gasteiger partial charge is 0.0613 e. The van der Waals surface area contributed by atoms with Crippen LogP contribution in [0.15, 0.2) is 91.0 Å². The van der Waals surface area contributed by atoms with Gasteiger partial charge in [-0.05, 0) is 64.8 Å². The van der Waals surface area contributed by atoms with Gasteiger partial charge in [0.25, 0.3) is 0 Å². The monoisotopic (exact) mass is 362 g/mol. The number of benzene rings is 4. The standard InChI is InChI=1S/C28H26/c1-4-22-7-11-23(12-8-22)24-13-15-25(16-14-24)27-17-18-28(21(3)19-27)26-9-5-20(2)6-10-26/h5-19H,4H2,1-3H3. The van der Waals surface area contributed by atoms with Crippen molar-refractivity contribution in [1.29, 1.82) is 0 Å². The molecular weight excluding hydrogens is 336 g/mol. The van der Waals surface area contributed by atoms with E-state index in [4.69, 9.17) is 0 Å². The zero-order valence-electron chi connectivity index (χ0n) is 16.9. The molecule has 0 aliphatic rings. The van der Waals surface area contributed by atoms with Gasteiger partial charge in [-0.1, -0.05) is 103 Å². The molecule has 0 amide bonds. The third kappa shape index (κ3) is 3.77. The Balaban J connectivity index is 1.60. The van der Waals surface area contributed by atoms with Gasteiger partial charge in [0.2, 0.25) is 0 Å². The Morgan fingerprint density at radius 3 is 1.50 bits per heavy atom. The first-order chi connectivity index (χ1) is 13.6. The maximum absolute atomic E-state index is 2.29. The molecule has 4 aromatic rings. The predicted octanol–water partition coefficient (Wildman–Crippen LogP) is 7.87. The minimum atomic E-state index is 1.08. The zero-order valence-corrected chi connectivity index (χ0v) is 16.9. The van der Waals surface area contributed by atoms with E-state index in [1.165, 1.54) is 50.1 Å². The normalized spacial score (nSPS) is 10.8. The quantitative estimate of drug-likeness (QED) is 0.346. The van der Waals surface area contributed by atoms with E-state index in [0.29, 0.717) is 0 Å². The lowest BCUT2D eigenvalue weighted by atomic mass is 9.94. The van der Waals surface area contributed by atoms with E-state index in [1.807, 2.05) is 0 Å². The lowest BCUT2D eigenvalue weighted by Crippen LogP contribution is -1.87. The van der Waals surface area contributed by atoms with Crippen LogP contribution in [-0.4, -0.2) is 0 Å². The van der Waals surface area contributed by atoms with Crippen LogP contribution in [0.2, 0.25) is 0 Å². The summed E-state index contributed by atoms with van der Waals surface area (Å²) >= 11 is 0. The second-order valence-corrected chi connectivity index (χ2v) is 7.52. The van der Waals surface area contributed by atoms with E-state index in [-0.39, 0.29) is 0 Å². The summed E-state index contributed by atoms with van der Waals surface area (Å²) in [6.07, 6.45) is 1.08. The van der Waals surface area contributed by atoms with Crippen molar-refractivity contribution < 1.29 is 0 Å². The highest BCUT2D eigenvalue weighted by molar-refractivity contribution is 5.75. The first kappa shape index (κ1) is 18.3. The van der Waals surface area contributed by atoms with Gasteiger partial charge in [0.05, 0.1) is 0 Å². The average Bonchev–Trinajstić information content (AvgIpc) is 2.75. The molecule has 0 aliphatic heterocycles. The zero-order chi connectivity index (χ0) is 19.5. The summed E-state index contributed by atoms with van der Waals surface area (Å²) in [7, 11) is 0. The summed E-state index contributed by atoms with van der Waals surface area (Å²) in [5.74, 6) is 0. The van der Waals surface area contributed by atoms with Gasteiger partial charge in [-0.15, -0.1) is 0 Å². The molecule has 0 aliphatic carbocycles. The fourth-order valence-electron chi connectivity index (χ4n) is 3.69. The molecule has 0 N–H and O–H groups in total. The molecule has 0 saturated heterocycles. The van der Waals surface area contributed by atoms with Gasteiger partial charge in [-0.2, -0.15) is 0 Å². The van der Waals surface area contributed by atoms with Crippen LogP contribution < -0.4 is 0 Å². The molecule has 0 spiro atoms. The van der Waals surface area contributed by atoms with Crippen molar-refractivity contribution in [3.63, 3.8) is 0 Å². The van der Waals surface area contributed by atoms with E-state index in [2.05, 4.69) is 112 Å². The van der Waals surface area contributed by atoms with Gasteiger partial charge in [0.1, 0.15) is 0 Å². The highest BCUT2D eigenvalue weighted by Crippen LogP contribution is 2.30. The van der Waals surface area contributed by atoms with E-state index in [9.17, 15) is 0 Å². The summed E-state index contributed by atoms with van der Waals surface area (Å²) in [5, 5.41) is 0. The molecule has 0 saturated carbocycles.